The second kappa shape index (κ2) is 11.3. The van der Waals surface area contributed by atoms with Crippen molar-refractivity contribution in [2.45, 2.75) is 74.5 Å². The fourth-order valence-electron chi connectivity index (χ4n) is 6.37. The first-order valence-corrected chi connectivity index (χ1v) is 15.2. The fraction of sp³-hybridized carbons (Fsp3) is 0.515. The van der Waals surface area contributed by atoms with Gasteiger partial charge in [-0.3, -0.25) is 14.4 Å². The van der Waals surface area contributed by atoms with E-state index in [-0.39, 0.29) is 24.5 Å². The van der Waals surface area contributed by atoms with E-state index < -0.39 is 47.3 Å². The minimum atomic E-state index is -2.93. The average molecular weight is 623 g/mol. The number of nitriles is 1. The van der Waals surface area contributed by atoms with E-state index in [4.69, 9.17) is 14.2 Å². The number of ether oxygens (including phenoxy) is 3. The molecule has 12 heteroatoms. The minimum absolute atomic E-state index is 0.0200. The summed E-state index contributed by atoms with van der Waals surface area (Å²) in [6.45, 7) is 3.86. The van der Waals surface area contributed by atoms with E-state index in [1.807, 2.05) is 31.2 Å². The number of allylic oxidation sites excluding steroid dienone is 2. The number of hydrogen-bond acceptors (Lipinski definition) is 7. The predicted octanol–water partition coefficient (Wildman–Crippen LogP) is 3.79. The molecule has 238 valence electrons. The Balaban J connectivity index is 1.18. The third kappa shape index (κ3) is 5.93. The van der Waals surface area contributed by atoms with Gasteiger partial charge in [-0.1, -0.05) is 18.2 Å². The largest absolute Gasteiger partial charge is 0.496 e. The van der Waals surface area contributed by atoms with Crippen LogP contribution in [0.1, 0.15) is 67.8 Å². The van der Waals surface area contributed by atoms with Crippen molar-refractivity contribution < 1.29 is 37.4 Å². The number of alkyl halides is 2. The molecule has 3 fully saturated rings. The first kappa shape index (κ1) is 30.8. The topological polar surface area (TPSA) is 130 Å². The standard InChI is InChI=1S/C33H36F2N4O6/c1-30-19-22(21-4-6-24(25(17-21)43-2)28(41)39-13-15-44-16-14-39)3-5-23(30)18-26(45-30)27(40)37-32(9-11-33(34,35)12-10-32)29(42)38-31(20-36)7-8-31/h3-6,17-18H,7-16,19H2,1-2H3,(H,37,40)(H,38,42). The second-order valence-electron chi connectivity index (χ2n) is 12.7. The van der Waals surface area contributed by atoms with Gasteiger partial charge in [0.05, 0.1) is 32.0 Å². The highest BCUT2D eigenvalue weighted by Gasteiger charge is 2.54. The van der Waals surface area contributed by atoms with Crippen molar-refractivity contribution in [1.82, 2.24) is 15.5 Å². The number of morpholine rings is 1. The third-order valence-electron chi connectivity index (χ3n) is 9.49. The summed E-state index contributed by atoms with van der Waals surface area (Å²) < 4.78 is 45.4. The molecule has 1 atom stereocenters. The number of nitrogens with one attached hydrogen (secondary N) is 2. The Kier molecular flexibility index (Phi) is 7.72. The number of fused-ring (bicyclic) bond motifs is 1. The van der Waals surface area contributed by atoms with Crippen LogP contribution >= 0.6 is 0 Å². The van der Waals surface area contributed by atoms with Crippen LogP contribution in [0.4, 0.5) is 8.78 Å². The van der Waals surface area contributed by atoms with Crippen LogP contribution in [-0.4, -0.2) is 78.6 Å². The Morgan fingerprint density at radius 3 is 2.38 bits per heavy atom. The number of hydrogen-bond donors (Lipinski definition) is 2. The number of halogens is 2. The molecule has 0 radical (unpaired) electrons. The number of carbonyl (C=O) groups excluding carboxylic acids is 3. The fourth-order valence-corrected chi connectivity index (χ4v) is 6.37. The van der Waals surface area contributed by atoms with Crippen molar-refractivity contribution in [2.75, 3.05) is 33.4 Å². The van der Waals surface area contributed by atoms with Gasteiger partial charge in [0.25, 0.3) is 11.8 Å². The molecule has 10 nitrogen and oxygen atoms in total. The molecular weight excluding hydrogens is 586 g/mol. The van der Waals surface area contributed by atoms with Crippen LogP contribution in [0.3, 0.4) is 0 Å². The molecule has 6 rings (SSSR count). The van der Waals surface area contributed by atoms with Gasteiger partial charge in [0.2, 0.25) is 11.8 Å². The predicted molar refractivity (Wildman–Crippen MR) is 158 cm³/mol. The smallest absolute Gasteiger partial charge is 0.287 e. The highest BCUT2D eigenvalue weighted by atomic mass is 19.3. The molecule has 1 saturated heterocycles. The van der Waals surface area contributed by atoms with Crippen LogP contribution in [-0.2, 0) is 19.1 Å². The van der Waals surface area contributed by atoms with Crippen LogP contribution in [0.25, 0.3) is 5.57 Å². The van der Waals surface area contributed by atoms with Gasteiger partial charge in [0, 0.05) is 32.4 Å². The summed E-state index contributed by atoms with van der Waals surface area (Å²) in [5, 5.41) is 14.9. The minimum Gasteiger partial charge on any atom is -0.496 e. The van der Waals surface area contributed by atoms with Gasteiger partial charge in [0.1, 0.15) is 22.4 Å². The summed E-state index contributed by atoms with van der Waals surface area (Å²) in [5.41, 5.74) is -0.563. The molecule has 2 N–H and O–H groups in total. The van der Waals surface area contributed by atoms with Crippen LogP contribution < -0.4 is 15.4 Å². The van der Waals surface area contributed by atoms with Crippen molar-refractivity contribution >= 4 is 23.3 Å². The van der Waals surface area contributed by atoms with Gasteiger partial charge < -0.3 is 29.7 Å². The monoisotopic (exact) mass is 622 g/mol. The van der Waals surface area contributed by atoms with E-state index in [1.54, 1.807) is 17.0 Å². The SMILES string of the molecule is COc1cc(C2=CC=C3C=C(C(=O)NC4(C(=O)NC5(C#N)CC5)CCC(F)(F)CC4)OC3(C)C2)ccc1C(=O)N1CCOCC1. The van der Waals surface area contributed by atoms with E-state index in [9.17, 15) is 28.4 Å². The molecule has 3 aliphatic carbocycles. The average Bonchev–Trinajstić information content (AvgIpc) is 3.72. The normalized spacial score (nSPS) is 25.7. The van der Waals surface area contributed by atoms with Crippen molar-refractivity contribution in [3.8, 4) is 11.8 Å². The molecule has 5 aliphatic rings. The lowest BCUT2D eigenvalue weighted by molar-refractivity contribution is -0.140. The molecule has 1 aromatic carbocycles. The molecular formula is C33H36F2N4O6. The molecule has 1 unspecified atom stereocenters. The summed E-state index contributed by atoms with van der Waals surface area (Å²) >= 11 is 0. The zero-order chi connectivity index (χ0) is 32.0. The summed E-state index contributed by atoms with van der Waals surface area (Å²) in [6, 6.07) is 7.49. The third-order valence-corrected chi connectivity index (χ3v) is 9.49. The molecule has 1 aromatic rings. The lowest BCUT2D eigenvalue weighted by Crippen LogP contribution is -2.63. The van der Waals surface area contributed by atoms with E-state index in [0.29, 0.717) is 56.9 Å². The Morgan fingerprint density at radius 2 is 1.73 bits per heavy atom. The van der Waals surface area contributed by atoms with Crippen LogP contribution in [0.15, 0.2) is 47.8 Å². The molecule has 2 heterocycles. The van der Waals surface area contributed by atoms with E-state index in [1.165, 1.54) is 7.11 Å². The van der Waals surface area contributed by atoms with Crippen LogP contribution in [0.5, 0.6) is 5.75 Å². The first-order valence-electron chi connectivity index (χ1n) is 15.2. The van der Waals surface area contributed by atoms with Crippen LogP contribution in [0.2, 0.25) is 0 Å². The second-order valence-corrected chi connectivity index (χ2v) is 12.7. The lowest BCUT2D eigenvalue weighted by Gasteiger charge is -2.40. The molecule has 0 bridgehead atoms. The quantitative estimate of drug-likeness (QED) is 0.473. The summed E-state index contributed by atoms with van der Waals surface area (Å²) in [4.78, 5) is 41.8. The van der Waals surface area contributed by atoms with Crippen molar-refractivity contribution in [1.29, 1.82) is 5.26 Å². The molecule has 0 spiro atoms. The maximum Gasteiger partial charge on any atom is 0.287 e. The van der Waals surface area contributed by atoms with Gasteiger partial charge in [-0.2, -0.15) is 5.26 Å². The van der Waals surface area contributed by atoms with Gasteiger partial charge in [0.15, 0.2) is 5.76 Å². The van der Waals surface area contributed by atoms with E-state index in [2.05, 4.69) is 16.7 Å². The van der Waals surface area contributed by atoms with Crippen molar-refractivity contribution in [3.63, 3.8) is 0 Å². The Hall–Kier alpha value is -4.24. The lowest BCUT2D eigenvalue weighted by atomic mass is 9.78. The summed E-state index contributed by atoms with van der Waals surface area (Å²) in [7, 11) is 1.52. The van der Waals surface area contributed by atoms with E-state index in [0.717, 1.165) is 16.7 Å². The molecule has 3 amide bonds. The highest BCUT2D eigenvalue weighted by Crippen LogP contribution is 2.45. The van der Waals surface area contributed by atoms with Crippen molar-refractivity contribution in [3.05, 3.63) is 58.9 Å². The number of rotatable bonds is 7. The zero-order valence-electron chi connectivity index (χ0n) is 25.3. The molecule has 45 heavy (non-hydrogen) atoms. The van der Waals surface area contributed by atoms with Gasteiger partial charge in [-0.25, -0.2) is 8.78 Å². The Labute approximate surface area is 260 Å². The van der Waals surface area contributed by atoms with Crippen molar-refractivity contribution in [2.24, 2.45) is 0 Å². The summed E-state index contributed by atoms with van der Waals surface area (Å²) in [5.74, 6) is -3.94. The van der Waals surface area contributed by atoms with Gasteiger partial charge in [-0.05, 0) is 67.5 Å². The number of benzene rings is 1. The van der Waals surface area contributed by atoms with Crippen LogP contribution in [0, 0.1) is 11.3 Å². The summed E-state index contributed by atoms with van der Waals surface area (Å²) in [6.07, 6.45) is 5.09. The first-order chi connectivity index (χ1) is 21.4. The Morgan fingerprint density at radius 1 is 1.02 bits per heavy atom. The van der Waals surface area contributed by atoms with Gasteiger partial charge in [-0.15, -0.1) is 0 Å². The number of carbonyl (C=O) groups is 3. The Bertz CT molecular complexity index is 1560. The van der Waals surface area contributed by atoms with Gasteiger partial charge >= 0.3 is 0 Å². The molecule has 2 saturated carbocycles. The molecule has 0 aromatic heterocycles. The zero-order valence-corrected chi connectivity index (χ0v) is 25.3. The number of nitrogens with zero attached hydrogens (tertiary/aromatic N) is 2. The number of methoxy groups -OCH3 is 1. The maximum atomic E-state index is 14.1. The van der Waals surface area contributed by atoms with E-state index >= 15 is 0 Å². The maximum absolute atomic E-state index is 14.1. The molecule has 2 aliphatic heterocycles. The highest BCUT2D eigenvalue weighted by molar-refractivity contribution is 5.99. The number of amides is 3.